The largest absolute Gasteiger partial charge is 0.310 e. The molecule has 0 aliphatic heterocycles. The quantitative estimate of drug-likeness (QED) is 0.820. The summed E-state index contributed by atoms with van der Waals surface area (Å²) in [7, 11) is 0. The van der Waals surface area contributed by atoms with E-state index in [1.54, 1.807) is 0 Å². The summed E-state index contributed by atoms with van der Waals surface area (Å²) in [4.78, 5) is 0. The van der Waals surface area contributed by atoms with Gasteiger partial charge in [-0.3, -0.25) is 0 Å². The molecule has 0 fully saturated rings. The lowest BCUT2D eigenvalue weighted by molar-refractivity contribution is 0.326. The minimum absolute atomic E-state index is 0.162. The molecule has 1 aromatic carbocycles. The van der Waals surface area contributed by atoms with Gasteiger partial charge in [0.1, 0.15) is 11.6 Å². The molecule has 1 aromatic rings. The van der Waals surface area contributed by atoms with Crippen molar-refractivity contribution in [2.45, 2.75) is 46.6 Å². The predicted molar refractivity (Wildman–Crippen MR) is 71.5 cm³/mol. The summed E-state index contributed by atoms with van der Waals surface area (Å²) in [6.07, 6.45) is 1.65. The van der Waals surface area contributed by atoms with E-state index in [-0.39, 0.29) is 17.0 Å². The average molecular weight is 255 g/mol. The van der Waals surface area contributed by atoms with E-state index in [0.717, 1.165) is 12.8 Å². The van der Waals surface area contributed by atoms with Crippen LogP contribution in [0.3, 0.4) is 0 Å². The van der Waals surface area contributed by atoms with Crippen LogP contribution in [-0.2, 0) is 0 Å². The third kappa shape index (κ3) is 4.37. The van der Waals surface area contributed by atoms with Crippen molar-refractivity contribution >= 4 is 0 Å². The van der Waals surface area contributed by atoms with Gasteiger partial charge in [-0.15, -0.1) is 0 Å². The van der Waals surface area contributed by atoms with Crippen LogP contribution in [0.5, 0.6) is 0 Å². The van der Waals surface area contributed by atoms with E-state index in [0.29, 0.717) is 6.54 Å². The van der Waals surface area contributed by atoms with Crippen LogP contribution in [0.15, 0.2) is 18.2 Å². The van der Waals surface area contributed by atoms with Gasteiger partial charge in [0, 0.05) is 11.6 Å². The molecular weight excluding hydrogens is 232 g/mol. The van der Waals surface area contributed by atoms with Crippen molar-refractivity contribution in [2.75, 3.05) is 6.54 Å². The molecule has 102 valence electrons. The Morgan fingerprint density at radius 2 is 1.72 bits per heavy atom. The van der Waals surface area contributed by atoms with E-state index in [4.69, 9.17) is 0 Å². The van der Waals surface area contributed by atoms with Crippen molar-refractivity contribution in [2.24, 2.45) is 5.41 Å². The average Bonchev–Trinajstić information content (AvgIpc) is 2.24. The number of hydrogen-bond donors (Lipinski definition) is 1. The molecule has 1 N–H and O–H groups in total. The van der Waals surface area contributed by atoms with Crippen LogP contribution in [0.25, 0.3) is 0 Å². The molecule has 0 spiro atoms. The standard InChI is InChI=1S/C15H23F2N/c1-5-18-13(9-10-15(2,3)4)14-11(16)7-6-8-12(14)17/h6-8,13,18H,5,9-10H2,1-4H3. The van der Waals surface area contributed by atoms with Crippen LogP contribution < -0.4 is 5.32 Å². The molecule has 1 atom stereocenters. The number of rotatable bonds is 5. The maximum atomic E-state index is 13.8. The van der Waals surface area contributed by atoms with Gasteiger partial charge in [-0.2, -0.15) is 0 Å². The molecule has 0 aliphatic carbocycles. The molecule has 1 rings (SSSR count). The highest BCUT2D eigenvalue weighted by Crippen LogP contribution is 2.29. The van der Waals surface area contributed by atoms with Crippen LogP contribution >= 0.6 is 0 Å². The highest BCUT2D eigenvalue weighted by atomic mass is 19.1. The Labute approximate surface area is 109 Å². The van der Waals surface area contributed by atoms with Crippen LogP contribution in [-0.4, -0.2) is 6.54 Å². The van der Waals surface area contributed by atoms with Crippen LogP contribution in [0.4, 0.5) is 8.78 Å². The Morgan fingerprint density at radius 1 is 1.17 bits per heavy atom. The normalized spacial score (nSPS) is 13.7. The van der Waals surface area contributed by atoms with E-state index < -0.39 is 11.6 Å². The molecule has 0 amide bonds. The van der Waals surface area contributed by atoms with Crippen molar-refractivity contribution in [3.05, 3.63) is 35.4 Å². The molecule has 0 aliphatic rings. The molecule has 1 unspecified atom stereocenters. The van der Waals surface area contributed by atoms with E-state index in [9.17, 15) is 8.78 Å². The molecular formula is C15H23F2N. The zero-order valence-electron chi connectivity index (χ0n) is 11.7. The highest BCUT2D eigenvalue weighted by molar-refractivity contribution is 5.23. The molecule has 0 bridgehead atoms. The first-order valence-electron chi connectivity index (χ1n) is 6.52. The van der Waals surface area contributed by atoms with Crippen LogP contribution in [0, 0.1) is 17.0 Å². The first-order valence-corrected chi connectivity index (χ1v) is 6.52. The Morgan fingerprint density at radius 3 is 2.17 bits per heavy atom. The Hall–Kier alpha value is -0.960. The number of benzene rings is 1. The number of nitrogens with one attached hydrogen (secondary N) is 1. The van der Waals surface area contributed by atoms with E-state index in [2.05, 4.69) is 26.1 Å². The lowest BCUT2D eigenvalue weighted by atomic mass is 9.87. The summed E-state index contributed by atoms with van der Waals surface area (Å²) in [6.45, 7) is 9.04. The lowest BCUT2D eigenvalue weighted by Crippen LogP contribution is -2.24. The van der Waals surface area contributed by atoms with Crippen LogP contribution in [0.1, 0.15) is 52.1 Å². The molecule has 0 heterocycles. The summed E-state index contributed by atoms with van der Waals surface area (Å²) < 4.78 is 27.5. The maximum absolute atomic E-state index is 13.8. The summed E-state index contributed by atoms with van der Waals surface area (Å²) >= 11 is 0. The highest BCUT2D eigenvalue weighted by Gasteiger charge is 2.21. The van der Waals surface area contributed by atoms with Gasteiger partial charge in [0.05, 0.1) is 0 Å². The zero-order chi connectivity index (χ0) is 13.8. The van der Waals surface area contributed by atoms with E-state index in [1.807, 2.05) is 6.92 Å². The summed E-state index contributed by atoms with van der Waals surface area (Å²) in [6, 6.07) is 3.79. The molecule has 0 radical (unpaired) electrons. The second kappa shape index (κ2) is 6.28. The smallest absolute Gasteiger partial charge is 0.130 e. The Kier molecular flexibility index (Phi) is 5.27. The van der Waals surface area contributed by atoms with Gasteiger partial charge in [-0.25, -0.2) is 8.78 Å². The monoisotopic (exact) mass is 255 g/mol. The zero-order valence-corrected chi connectivity index (χ0v) is 11.7. The predicted octanol–water partition coefficient (Wildman–Crippen LogP) is 4.44. The minimum Gasteiger partial charge on any atom is -0.310 e. The molecule has 0 saturated heterocycles. The van der Waals surface area contributed by atoms with Crippen molar-refractivity contribution in [1.29, 1.82) is 0 Å². The molecule has 3 heteroatoms. The van der Waals surface area contributed by atoms with Gasteiger partial charge >= 0.3 is 0 Å². The van der Waals surface area contributed by atoms with Crippen molar-refractivity contribution in [3.8, 4) is 0 Å². The SMILES string of the molecule is CCNC(CCC(C)(C)C)c1c(F)cccc1F. The fourth-order valence-corrected chi connectivity index (χ4v) is 2.02. The van der Waals surface area contributed by atoms with Gasteiger partial charge < -0.3 is 5.32 Å². The fraction of sp³-hybridized carbons (Fsp3) is 0.600. The van der Waals surface area contributed by atoms with Gasteiger partial charge in [0.25, 0.3) is 0 Å². The Balaban J connectivity index is 2.90. The van der Waals surface area contributed by atoms with Gasteiger partial charge in [-0.1, -0.05) is 33.8 Å². The van der Waals surface area contributed by atoms with Crippen molar-refractivity contribution < 1.29 is 8.78 Å². The Bertz CT molecular complexity index is 362. The van der Waals surface area contributed by atoms with Crippen molar-refractivity contribution in [1.82, 2.24) is 5.32 Å². The third-order valence-electron chi connectivity index (χ3n) is 2.98. The minimum atomic E-state index is -0.463. The first kappa shape index (κ1) is 15.1. The van der Waals surface area contributed by atoms with E-state index >= 15 is 0 Å². The lowest BCUT2D eigenvalue weighted by Gasteiger charge is -2.24. The molecule has 1 nitrogen and oxygen atoms in total. The van der Waals surface area contributed by atoms with Crippen molar-refractivity contribution in [3.63, 3.8) is 0 Å². The van der Waals surface area contributed by atoms with Gasteiger partial charge in [0.15, 0.2) is 0 Å². The summed E-state index contributed by atoms with van der Waals surface area (Å²) in [5, 5.41) is 3.17. The topological polar surface area (TPSA) is 12.0 Å². The fourth-order valence-electron chi connectivity index (χ4n) is 2.02. The summed E-state index contributed by atoms with van der Waals surface area (Å²) in [5.41, 5.74) is 0.332. The second-order valence-electron chi connectivity index (χ2n) is 5.84. The first-order chi connectivity index (χ1) is 8.35. The van der Waals surface area contributed by atoms with Crippen LogP contribution in [0.2, 0.25) is 0 Å². The third-order valence-corrected chi connectivity index (χ3v) is 2.98. The van der Waals surface area contributed by atoms with Gasteiger partial charge in [-0.05, 0) is 36.9 Å². The second-order valence-corrected chi connectivity index (χ2v) is 5.84. The molecule has 0 aromatic heterocycles. The number of halogens is 2. The van der Waals surface area contributed by atoms with Gasteiger partial charge in [0.2, 0.25) is 0 Å². The summed E-state index contributed by atoms with van der Waals surface area (Å²) in [5.74, 6) is -0.926. The maximum Gasteiger partial charge on any atom is 0.130 e. The number of hydrogen-bond acceptors (Lipinski definition) is 1. The van der Waals surface area contributed by atoms with E-state index in [1.165, 1.54) is 18.2 Å². The molecule has 0 saturated carbocycles. The molecule has 18 heavy (non-hydrogen) atoms.